The van der Waals surface area contributed by atoms with Crippen LogP contribution in [0.15, 0.2) is 60.8 Å². The summed E-state index contributed by atoms with van der Waals surface area (Å²) in [5.74, 6) is 2.07. The van der Waals surface area contributed by atoms with Crippen LogP contribution < -0.4 is 14.8 Å². The minimum atomic E-state index is -0.109. The Morgan fingerprint density at radius 3 is 2.64 bits per heavy atom. The molecule has 0 radical (unpaired) electrons. The Morgan fingerprint density at radius 2 is 1.86 bits per heavy atom. The van der Waals surface area contributed by atoms with Crippen LogP contribution in [0.1, 0.15) is 15.9 Å². The van der Waals surface area contributed by atoms with Gasteiger partial charge in [0.1, 0.15) is 17.2 Å². The SMILES string of the molecule is CNC(=O)c1cccc2cc(Oc3ccnc4cc(C)c(OC)cc34)ccc12. The Bertz CT molecular complexity index is 1200. The lowest BCUT2D eigenvalue weighted by molar-refractivity contribution is 0.0964. The van der Waals surface area contributed by atoms with Crippen molar-refractivity contribution in [3.63, 3.8) is 0 Å². The third-order valence-electron chi connectivity index (χ3n) is 4.77. The van der Waals surface area contributed by atoms with Gasteiger partial charge >= 0.3 is 0 Å². The van der Waals surface area contributed by atoms with Crippen molar-refractivity contribution in [2.24, 2.45) is 0 Å². The van der Waals surface area contributed by atoms with Crippen LogP contribution in [0.3, 0.4) is 0 Å². The first-order valence-electron chi connectivity index (χ1n) is 8.97. The van der Waals surface area contributed by atoms with E-state index >= 15 is 0 Å². The zero-order valence-corrected chi connectivity index (χ0v) is 15.9. The molecule has 1 heterocycles. The van der Waals surface area contributed by atoms with Crippen molar-refractivity contribution < 1.29 is 14.3 Å². The summed E-state index contributed by atoms with van der Waals surface area (Å²) < 4.78 is 11.6. The number of amides is 1. The molecule has 140 valence electrons. The van der Waals surface area contributed by atoms with Gasteiger partial charge in [-0.05, 0) is 65.7 Å². The zero-order chi connectivity index (χ0) is 19.7. The van der Waals surface area contributed by atoms with Crippen molar-refractivity contribution in [3.05, 3.63) is 71.9 Å². The number of nitrogens with one attached hydrogen (secondary N) is 1. The lowest BCUT2D eigenvalue weighted by atomic mass is 10.0. The smallest absolute Gasteiger partial charge is 0.251 e. The number of carbonyl (C=O) groups is 1. The first-order chi connectivity index (χ1) is 13.6. The number of carbonyl (C=O) groups excluding carboxylic acids is 1. The standard InChI is InChI=1S/C23H20N2O3/c1-14-11-20-19(13-22(14)27-3)21(9-10-25-20)28-16-7-8-17-15(12-16)5-4-6-18(17)23(26)24-2/h4-13H,1-3H3,(H,24,26). The fraction of sp³-hybridized carbons (Fsp3) is 0.130. The molecule has 1 aromatic heterocycles. The van der Waals surface area contributed by atoms with Gasteiger partial charge in [0.2, 0.25) is 0 Å². The van der Waals surface area contributed by atoms with E-state index in [4.69, 9.17) is 9.47 Å². The highest BCUT2D eigenvalue weighted by atomic mass is 16.5. The van der Waals surface area contributed by atoms with Crippen LogP contribution in [0.2, 0.25) is 0 Å². The maximum Gasteiger partial charge on any atom is 0.251 e. The highest BCUT2D eigenvalue weighted by Gasteiger charge is 2.11. The number of hydrogen-bond acceptors (Lipinski definition) is 4. The predicted octanol–water partition coefficient (Wildman–Crippen LogP) is 4.86. The largest absolute Gasteiger partial charge is 0.496 e. The van der Waals surface area contributed by atoms with Crippen molar-refractivity contribution in [3.8, 4) is 17.2 Å². The summed E-state index contributed by atoms with van der Waals surface area (Å²) in [4.78, 5) is 16.5. The van der Waals surface area contributed by atoms with E-state index in [0.717, 1.165) is 33.0 Å². The summed E-state index contributed by atoms with van der Waals surface area (Å²) in [5, 5.41) is 5.37. The van der Waals surface area contributed by atoms with Gasteiger partial charge in [0, 0.05) is 24.2 Å². The average Bonchev–Trinajstić information content (AvgIpc) is 2.72. The number of pyridine rings is 1. The molecule has 4 rings (SSSR count). The second kappa shape index (κ2) is 7.19. The molecular weight excluding hydrogens is 352 g/mol. The molecule has 0 aliphatic rings. The molecule has 0 aliphatic carbocycles. The number of ether oxygens (including phenoxy) is 2. The van der Waals surface area contributed by atoms with Crippen molar-refractivity contribution >= 4 is 27.6 Å². The summed E-state index contributed by atoms with van der Waals surface area (Å²) in [6, 6.07) is 17.1. The number of methoxy groups -OCH3 is 1. The van der Waals surface area contributed by atoms with Crippen molar-refractivity contribution in [1.82, 2.24) is 10.3 Å². The van der Waals surface area contributed by atoms with Crippen LogP contribution in [0.5, 0.6) is 17.2 Å². The van der Waals surface area contributed by atoms with Gasteiger partial charge in [0.15, 0.2) is 0 Å². The first kappa shape index (κ1) is 17.8. The van der Waals surface area contributed by atoms with E-state index in [1.54, 1.807) is 20.4 Å². The highest BCUT2D eigenvalue weighted by Crippen LogP contribution is 2.34. The predicted molar refractivity (Wildman–Crippen MR) is 110 cm³/mol. The molecule has 4 aromatic rings. The molecule has 0 saturated carbocycles. The molecule has 0 aliphatic heterocycles. The lowest BCUT2D eigenvalue weighted by Gasteiger charge is -2.12. The van der Waals surface area contributed by atoms with Crippen LogP contribution >= 0.6 is 0 Å². The van der Waals surface area contributed by atoms with E-state index in [0.29, 0.717) is 17.1 Å². The molecular formula is C23H20N2O3. The third kappa shape index (κ3) is 3.11. The molecule has 0 spiro atoms. The van der Waals surface area contributed by atoms with Gasteiger partial charge in [-0.2, -0.15) is 0 Å². The molecule has 1 N–H and O–H groups in total. The molecule has 0 saturated heterocycles. The average molecular weight is 372 g/mol. The molecule has 0 bridgehead atoms. The number of rotatable bonds is 4. The van der Waals surface area contributed by atoms with Crippen molar-refractivity contribution in [2.75, 3.05) is 14.2 Å². The molecule has 28 heavy (non-hydrogen) atoms. The molecule has 5 nitrogen and oxygen atoms in total. The van der Waals surface area contributed by atoms with Crippen molar-refractivity contribution in [2.45, 2.75) is 6.92 Å². The fourth-order valence-corrected chi connectivity index (χ4v) is 3.35. The van der Waals surface area contributed by atoms with Crippen LogP contribution in [0.25, 0.3) is 21.7 Å². The lowest BCUT2D eigenvalue weighted by Crippen LogP contribution is -2.17. The van der Waals surface area contributed by atoms with E-state index in [2.05, 4.69) is 10.3 Å². The van der Waals surface area contributed by atoms with E-state index < -0.39 is 0 Å². The Morgan fingerprint density at radius 1 is 1.00 bits per heavy atom. The summed E-state index contributed by atoms with van der Waals surface area (Å²) >= 11 is 0. The number of benzene rings is 3. The van der Waals surface area contributed by atoms with Crippen LogP contribution in [-0.2, 0) is 0 Å². The number of nitrogens with zero attached hydrogens (tertiary/aromatic N) is 1. The van der Waals surface area contributed by atoms with Gasteiger partial charge in [0.05, 0.1) is 12.6 Å². The van der Waals surface area contributed by atoms with Gasteiger partial charge in [-0.15, -0.1) is 0 Å². The maximum atomic E-state index is 12.1. The normalized spacial score (nSPS) is 10.8. The molecule has 0 fully saturated rings. The molecule has 0 unspecified atom stereocenters. The number of aromatic nitrogens is 1. The first-order valence-corrected chi connectivity index (χ1v) is 8.97. The van der Waals surface area contributed by atoms with E-state index in [-0.39, 0.29) is 5.91 Å². The monoisotopic (exact) mass is 372 g/mol. The summed E-state index contributed by atoms with van der Waals surface area (Å²) in [6.45, 7) is 1.99. The van der Waals surface area contributed by atoms with Crippen LogP contribution in [0, 0.1) is 6.92 Å². The molecule has 0 atom stereocenters. The highest BCUT2D eigenvalue weighted by molar-refractivity contribution is 6.07. The van der Waals surface area contributed by atoms with Crippen LogP contribution in [0.4, 0.5) is 0 Å². The number of hydrogen-bond donors (Lipinski definition) is 1. The quantitative estimate of drug-likeness (QED) is 0.556. The van der Waals surface area contributed by atoms with Crippen molar-refractivity contribution in [1.29, 1.82) is 0 Å². The topological polar surface area (TPSA) is 60.5 Å². The maximum absolute atomic E-state index is 12.1. The van der Waals surface area contributed by atoms with E-state index in [1.165, 1.54) is 0 Å². The van der Waals surface area contributed by atoms with Gasteiger partial charge in [-0.25, -0.2) is 0 Å². The minimum Gasteiger partial charge on any atom is -0.496 e. The van der Waals surface area contributed by atoms with E-state index in [9.17, 15) is 4.79 Å². The second-order valence-electron chi connectivity index (χ2n) is 6.52. The minimum absolute atomic E-state index is 0.109. The fourth-order valence-electron chi connectivity index (χ4n) is 3.35. The number of fused-ring (bicyclic) bond motifs is 2. The van der Waals surface area contributed by atoms with Gasteiger partial charge in [0.25, 0.3) is 5.91 Å². The Labute approximate surface area is 162 Å². The number of aryl methyl sites for hydroxylation is 1. The third-order valence-corrected chi connectivity index (χ3v) is 4.77. The summed E-state index contributed by atoms with van der Waals surface area (Å²) in [6.07, 6.45) is 1.73. The van der Waals surface area contributed by atoms with E-state index in [1.807, 2.05) is 61.5 Å². The summed E-state index contributed by atoms with van der Waals surface area (Å²) in [7, 11) is 3.28. The molecule has 3 aromatic carbocycles. The molecule has 5 heteroatoms. The Kier molecular flexibility index (Phi) is 4.57. The Hall–Kier alpha value is -3.60. The van der Waals surface area contributed by atoms with Gasteiger partial charge < -0.3 is 14.8 Å². The Balaban J connectivity index is 1.77. The zero-order valence-electron chi connectivity index (χ0n) is 15.9. The summed E-state index contributed by atoms with van der Waals surface area (Å²) in [5.41, 5.74) is 2.51. The second-order valence-corrected chi connectivity index (χ2v) is 6.52. The van der Waals surface area contributed by atoms with Gasteiger partial charge in [-0.3, -0.25) is 9.78 Å². The van der Waals surface area contributed by atoms with Crippen LogP contribution in [-0.4, -0.2) is 25.0 Å². The molecule has 1 amide bonds. The van der Waals surface area contributed by atoms with Gasteiger partial charge in [-0.1, -0.05) is 12.1 Å².